The minimum Gasteiger partial charge on any atom is -0.228 e. The van der Waals surface area contributed by atoms with E-state index in [0.29, 0.717) is 5.82 Å². The van der Waals surface area contributed by atoms with E-state index < -0.39 is 0 Å². The lowest BCUT2D eigenvalue weighted by Gasteiger charge is -2.30. The molecule has 2 heteroatoms. The molecule has 1 unspecified atom stereocenters. The van der Waals surface area contributed by atoms with Crippen LogP contribution in [0.4, 0.5) is 0 Å². The minimum absolute atomic E-state index is 0.141. The van der Waals surface area contributed by atoms with Gasteiger partial charge in [-0.2, -0.15) is 0 Å². The van der Waals surface area contributed by atoms with E-state index in [1.54, 1.807) is 0 Å². The molecule has 2 nitrogen and oxygen atoms in total. The maximum absolute atomic E-state index is 5.42. The summed E-state index contributed by atoms with van der Waals surface area (Å²) in [6.07, 6.45) is 0. The Morgan fingerprint density at radius 3 is 1.70 bits per heavy atom. The number of rotatable bonds is 5. The fourth-order valence-electron chi connectivity index (χ4n) is 10.9. The Labute approximate surface area is 356 Å². The monoisotopic (exact) mass is 778 g/mol. The lowest BCUT2D eigenvalue weighted by molar-refractivity contribution is 0.666. The second-order valence-electron chi connectivity index (χ2n) is 17.4. The van der Waals surface area contributed by atoms with Crippen molar-refractivity contribution in [1.29, 1.82) is 0 Å². The van der Waals surface area contributed by atoms with Gasteiger partial charge in [0.25, 0.3) is 0 Å². The summed E-state index contributed by atoms with van der Waals surface area (Å²) in [4.78, 5) is 10.8. The van der Waals surface area contributed by atoms with Crippen LogP contribution in [0.25, 0.3) is 88.8 Å². The highest BCUT2D eigenvalue weighted by atomic mass is 14.9. The molecule has 1 heterocycles. The van der Waals surface area contributed by atoms with Crippen LogP contribution in [0.5, 0.6) is 0 Å². The van der Waals surface area contributed by atoms with Gasteiger partial charge in [0, 0.05) is 27.5 Å². The van der Waals surface area contributed by atoms with Crippen LogP contribution in [-0.2, 0) is 10.8 Å². The summed E-state index contributed by atoms with van der Waals surface area (Å²) >= 11 is 0. The van der Waals surface area contributed by atoms with Crippen molar-refractivity contribution >= 4 is 21.5 Å². The maximum Gasteiger partial charge on any atom is 0.160 e. The Morgan fingerprint density at radius 2 is 0.902 bits per heavy atom. The van der Waals surface area contributed by atoms with Gasteiger partial charge in [0.15, 0.2) is 5.82 Å². The summed E-state index contributed by atoms with van der Waals surface area (Å²) in [7, 11) is 0. The molecular weight excluding hydrogens is 737 g/mol. The molecule has 0 saturated heterocycles. The lowest BCUT2D eigenvalue weighted by Crippen LogP contribution is -2.23. The quantitative estimate of drug-likeness (QED) is 0.174. The van der Waals surface area contributed by atoms with Crippen LogP contribution >= 0.6 is 0 Å². The van der Waals surface area contributed by atoms with E-state index in [4.69, 9.17) is 9.97 Å². The first-order valence-corrected chi connectivity index (χ1v) is 21.3. The third-order valence-corrected chi connectivity index (χ3v) is 13.8. The van der Waals surface area contributed by atoms with Crippen LogP contribution in [0.2, 0.25) is 0 Å². The summed E-state index contributed by atoms with van der Waals surface area (Å²) in [5.41, 5.74) is 18.8. The number of fused-ring (bicyclic) bond motifs is 9. The highest BCUT2D eigenvalue weighted by Gasteiger charge is 2.43. The van der Waals surface area contributed by atoms with E-state index >= 15 is 0 Å². The molecule has 0 amide bonds. The van der Waals surface area contributed by atoms with Gasteiger partial charge in [-0.05, 0) is 102 Å². The molecule has 0 spiro atoms. The van der Waals surface area contributed by atoms with E-state index in [-0.39, 0.29) is 10.8 Å². The number of hydrogen-bond acceptors (Lipinski definition) is 2. The first-order valence-electron chi connectivity index (χ1n) is 21.3. The lowest BCUT2D eigenvalue weighted by atomic mass is 9.72. The molecule has 288 valence electrons. The molecule has 9 aromatic carbocycles. The molecule has 0 fully saturated rings. The Balaban J connectivity index is 1.04. The topological polar surface area (TPSA) is 25.8 Å². The Morgan fingerprint density at radius 1 is 0.344 bits per heavy atom. The Bertz CT molecular complexity index is 3400. The molecule has 2 aliphatic carbocycles. The first kappa shape index (κ1) is 35.5. The number of aromatic nitrogens is 2. The molecule has 61 heavy (non-hydrogen) atoms. The molecule has 0 N–H and O–H groups in total. The zero-order chi connectivity index (χ0) is 40.9. The maximum atomic E-state index is 5.42. The van der Waals surface area contributed by atoms with Gasteiger partial charge in [-0.15, -0.1) is 0 Å². The zero-order valence-corrected chi connectivity index (χ0v) is 34.4. The van der Waals surface area contributed by atoms with Crippen LogP contribution in [0.3, 0.4) is 0 Å². The van der Waals surface area contributed by atoms with Crippen LogP contribution in [0.1, 0.15) is 48.6 Å². The van der Waals surface area contributed by atoms with Crippen LogP contribution in [0, 0.1) is 0 Å². The van der Waals surface area contributed by atoms with Crippen LogP contribution in [0.15, 0.2) is 200 Å². The molecular formula is C59H42N2. The second-order valence-corrected chi connectivity index (χ2v) is 17.4. The van der Waals surface area contributed by atoms with E-state index in [9.17, 15) is 0 Å². The third kappa shape index (κ3) is 5.22. The largest absolute Gasteiger partial charge is 0.228 e. The summed E-state index contributed by atoms with van der Waals surface area (Å²) in [6, 6.07) is 73.1. The third-order valence-electron chi connectivity index (χ3n) is 13.8. The predicted octanol–water partition coefficient (Wildman–Crippen LogP) is 15.1. The Hall–Kier alpha value is -7.42. The van der Waals surface area contributed by atoms with E-state index in [1.807, 2.05) is 6.07 Å². The fourth-order valence-corrected chi connectivity index (χ4v) is 10.9. The smallest absolute Gasteiger partial charge is 0.160 e. The van der Waals surface area contributed by atoms with Crippen molar-refractivity contribution in [2.45, 2.75) is 31.6 Å². The highest BCUT2D eigenvalue weighted by molar-refractivity contribution is 6.06. The molecule has 12 rings (SSSR count). The van der Waals surface area contributed by atoms with Gasteiger partial charge in [0.1, 0.15) is 0 Å². The highest BCUT2D eigenvalue weighted by Crippen LogP contribution is 2.56. The summed E-state index contributed by atoms with van der Waals surface area (Å²) < 4.78 is 0. The summed E-state index contributed by atoms with van der Waals surface area (Å²) in [6.45, 7) is 7.15. The van der Waals surface area contributed by atoms with Gasteiger partial charge in [-0.3, -0.25) is 0 Å². The van der Waals surface area contributed by atoms with Gasteiger partial charge in [-0.1, -0.05) is 202 Å². The van der Waals surface area contributed by atoms with Crippen molar-refractivity contribution in [2.24, 2.45) is 0 Å². The summed E-state index contributed by atoms with van der Waals surface area (Å²) in [5, 5.41) is 5.00. The van der Waals surface area contributed by atoms with Crippen LogP contribution < -0.4 is 0 Å². The molecule has 0 aliphatic heterocycles. The number of hydrogen-bond donors (Lipinski definition) is 0. The zero-order valence-electron chi connectivity index (χ0n) is 34.4. The van der Waals surface area contributed by atoms with Crippen molar-refractivity contribution < 1.29 is 0 Å². The average molecular weight is 779 g/mol. The van der Waals surface area contributed by atoms with E-state index in [1.165, 1.54) is 77.4 Å². The van der Waals surface area contributed by atoms with Crippen molar-refractivity contribution in [2.75, 3.05) is 0 Å². The molecule has 2 aliphatic rings. The van der Waals surface area contributed by atoms with Crippen molar-refractivity contribution in [1.82, 2.24) is 9.97 Å². The second kappa shape index (κ2) is 13.3. The molecule has 1 aromatic heterocycles. The Kier molecular flexibility index (Phi) is 7.74. The predicted molar refractivity (Wildman–Crippen MR) is 254 cm³/mol. The molecule has 0 bridgehead atoms. The van der Waals surface area contributed by atoms with Gasteiger partial charge in [0.2, 0.25) is 0 Å². The molecule has 0 saturated carbocycles. The van der Waals surface area contributed by atoms with Gasteiger partial charge in [0.05, 0.1) is 11.4 Å². The number of benzene rings is 9. The van der Waals surface area contributed by atoms with Gasteiger partial charge < -0.3 is 0 Å². The normalized spacial score (nSPS) is 15.7. The minimum atomic E-state index is -0.380. The van der Waals surface area contributed by atoms with Crippen molar-refractivity contribution in [3.63, 3.8) is 0 Å². The molecule has 10 aromatic rings. The summed E-state index contributed by atoms with van der Waals surface area (Å²) in [5.74, 6) is 0.712. The van der Waals surface area contributed by atoms with Crippen molar-refractivity contribution in [3.8, 4) is 67.3 Å². The molecule has 1 atom stereocenters. The molecule has 0 radical (unpaired) electrons. The average Bonchev–Trinajstić information content (AvgIpc) is 3.73. The van der Waals surface area contributed by atoms with Gasteiger partial charge >= 0.3 is 0 Å². The van der Waals surface area contributed by atoms with E-state index in [2.05, 4.69) is 215 Å². The van der Waals surface area contributed by atoms with Crippen LogP contribution in [-0.4, -0.2) is 9.97 Å². The standard InChI is InChI=1S/C59H42N2/c1-58(2)52-35-39(30-31-46(52)49-32-29-37-17-10-11-22-42(37)55(49)58)41-33-34-47(44-24-13-12-23-43(41)44)53-36-54(61-57(60-53)38-18-6-4-7-19-38)50-27-16-26-48-45-25-14-15-28-51(45)59(3,56(48)50)40-20-8-5-9-21-40/h4-36H,1-3H3. The van der Waals surface area contributed by atoms with E-state index in [0.717, 1.165) is 33.5 Å². The number of nitrogens with zero attached hydrogens (tertiary/aromatic N) is 2. The first-order chi connectivity index (χ1) is 29.9. The SMILES string of the molecule is CC1(C)c2cc(-c3ccc(-c4cc(-c5cccc6c5C(C)(c5ccccc5)c5ccccc5-6)nc(-c5ccccc5)n4)c4ccccc34)ccc2-c2ccc3ccccc3c21. The fraction of sp³-hybridized carbons (Fsp3) is 0.0847. The van der Waals surface area contributed by atoms with Gasteiger partial charge in [-0.25, -0.2) is 9.97 Å². The van der Waals surface area contributed by atoms with Crippen molar-refractivity contribution in [3.05, 3.63) is 228 Å².